The maximum atomic E-state index is 9.77. The van der Waals surface area contributed by atoms with Gasteiger partial charge < -0.3 is 0 Å². The maximum Gasteiger partial charge on any atom is 0.201 e. The molecular weight excluding hydrogens is 88.1 g/mol. The smallest absolute Gasteiger partial charge is 0.201 e. The van der Waals surface area contributed by atoms with Crippen LogP contribution in [-0.4, -0.2) is 6.29 Å². The number of rotatable bonds is 3. The first kappa shape index (κ1) is 6.67. The Morgan fingerprint density at radius 3 is 2.43 bits per heavy atom. The number of hydrogen-bond acceptors (Lipinski definition) is 1. The highest BCUT2D eigenvalue weighted by Gasteiger charge is 1.94. The van der Waals surface area contributed by atoms with Crippen molar-refractivity contribution in [3.05, 3.63) is 0 Å². The fourth-order valence-electron chi connectivity index (χ4n) is 0.492. The van der Waals surface area contributed by atoms with Crippen molar-refractivity contribution in [1.29, 1.82) is 0 Å². The zero-order chi connectivity index (χ0) is 5.70. The molecule has 1 heteroatoms. The highest BCUT2D eigenvalue weighted by Crippen LogP contribution is 1.98. The normalized spacial score (nSPS) is 13.4. The summed E-state index contributed by atoms with van der Waals surface area (Å²) in [6, 6.07) is 0. The summed E-state index contributed by atoms with van der Waals surface area (Å²) in [5.74, 6) is 0.144. The van der Waals surface area contributed by atoms with Gasteiger partial charge in [0.15, 0.2) is 0 Å². The summed E-state index contributed by atoms with van der Waals surface area (Å²) in [5.41, 5.74) is 0. The van der Waals surface area contributed by atoms with Crippen molar-refractivity contribution in [3.63, 3.8) is 0 Å². The molecular formula is C6H11O. The first-order valence-corrected chi connectivity index (χ1v) is 2.69. The molecule has 7 heavy (non-hydrogen) atoms. The second-order valence-electron chi connectivity index (χ2n) is 1.81. The van der Waals surface area contributed by atoms with Crippen molar-refractivity contribution < 1.29 is 4.79 Å². The van der Waals surface area contributed by atoms with Gasteiger partial charge in [-0.1, -0.05) is 20.3 Å². The maximum absolute atomic E-state index is 9.77. The molecule has 0 aromatic rings. The van der Waals surface area contributed by atoms with Crippen LogP contribution < -0.4 is 0 Å². The molecule has 0 aromatic carbocycles. The Balaban J connectivity index is 2.98. The molecule has 0 saturated heterocycles. The molecule has 1 nitrogen and oxygen atoms in total. The van der Waals surface area contributed by atoms with Crippen molar-refractivity contribution in [2.75, 3.05) is 0 Å². The Kier molecular flexibility index (Phi) is 3.67. The van der Waals surface area contributed by atoms with Crippen LogP contribution in [0, 0.1) is 5.92 Å². The molecule has 0 rings (SSSR count). The molecule has 0 heterocycles. The van der Waals surface area contributed by atoms with E-state index in [2.05, 4.69) is 6.92 Å². The highest BCUT2D eigenvalue weighted by molar-refractivity contribution is 5.53. The molecule has 0 aliphatic heterocycles. The van der Waals surface area contributed by atoms with Gasteiger partial charge in [-0.15, -0.1) is 0 Å². The van der Waals surface area contributed by atoms with E-state index in [-0.39, 0.29) is 5.92 Å². The lowest BCUT2D eigenvalue weighted by Crippen LogP contribution is -1.92. The van der Waals surface area contributed by atoms with Crippen molar-refractivity contribution in [2.24, 2.45) is 5.92 Å². The second-order valence-corrected chi connectivity index (χ2v) is 1.81. The Bertz CT molecular complexity index is 50.1. The van der Waals surface area contributed by atoms with Gasteiger partial charge in [-0.05, 0) is 6.42 Å². The predicted molar refractivity (Wildman–Crippen MR) is 29.8 cm³/mol. The first-order valence-electron chi connectivity index (χ1n) is 2.69. The van der Waals surface area contributed by atoms with Gasteiger partial charge in [0.05, 0.1) is 0 Å². The lowest BCUT2D eigenvalue weighted by Gasteiger charge is -1.93. The molecule has 0 fully saturated rings. The average Bonchev–Trinajstić information content (AvgIpc) is 1.68. The molecule has 0 spiro atoms. The van der Waals surface area contributed by atoms with Crippen LogP contribution in [0.3, 0.4) is 0 Å². The minimum atomic E-state index is 0.144. The van der Waals surface area contributed by atoms with Gasteiger partial charge in [-0.3, -0.25) is 4.79 Å². The third-order valence-corrected chi connectivity index (χ3v) is 0.923. The van der Waals surface area contributed by atoms with Crippen LogP contribution in [-0.2, 0) is 4.79 Å². The largest absolute Gasteiger partial charge is 0.291 e. The zero-order valence-electron chi connectivity index (χ0n) is 4.90. The van der Waals surface area contributed by atoms with E-state index in [0.29, 0.717) is 0 Å². The van der Waals surface area contributed by atoms with E-state index in [4.69, 9.17) is 0 Å². The standard InChI is InChI=1S/C6H11O/c1-3-4-6(2)5-7/h6H,3-4H2,1-2H3. The van der Waals surface area contributed by atoms with Crippen LogP contribution in [0.4, 0.5) is 0 Å². The van der Waals surface area contributed by atoms with Gasteiger partial charge >= 0.3 is 0 Å². The van der Waals surface area contributed by atoms with Gasteiger partial charge in [0.2, 0.25) is 6.29 Å². The molecule has 0 bridgehead atoms. The molecule has 1 radical (unpaired) electrons. The van der Waals surface area contributed by atoms with Gasteiger partial charge in [-0.2, -0.15) is 0 Å². The van der Waals surface area contributed by atoms with Crippen molar-refractivity contribution >= 4 is 6.29 Å². The van der Waals surface area contributed by atoms with Crippen LogP contribution >= 0.6 is 0 Å². The van der Waals surface area contributed by atoms with E-state index in [1.54, 1.807) is 0 Å². The van der Waals surface area contributed by atoms with Crippen LogP contribution in [0.15, 0.2) is 0 Å². The number of carbonyl (C=O) groups excluding carboxylic acids is 1. The van der Waals surface area contributed by atoms with Crippen LogP contribution in [0.2, 0.25) is 0 Å². The third kappa shape index (κ3) is 3.50. The van der Waals surface area contributed by atoms with Gasteiger partial charge in [0, 0.05) is 5.92 Å². The molecule has 41 valence electrons. The summed E-state index contributed by atoms with van der Waals surface area (Å²) < 4.78 is 0. The zero-order valence-corrected chi connectivity index (χ0v) is 4.90. The summed E-state index contributed by atoms with van der Waals surface area (Å²) in [4.78, 5) is 9.77. The Labute approximate surface area is 44.7 Å². The van der Waals surface area contributed by atoms with Crippen molar-refractivity contribution in [3.8, 4) is 0 Å². The first-order chi connectivity index (χ1) is 3.31. The average molecular weight is 99.2 g/mol. The quantitative estimate of drug-likeness (QED) is 0.524. The Morgan fingerprint density at radius 1 is 1.71 bits per heavy atom. The van der Waals surface area contributed by atoms with Crippen molar-refractivity contribution in [1.82, 2.24) is 0 Å². The summed E-state index contributed by atoms with van der Waals surface area (Å²) in [6.45, 7) is 3.95. The fraction of sp³-hybridized carbons (Fsp3) is 0.833. The van der Waals surface area contributed by atoms with Crippen LogP contribution in [0.5, 0.6) is 0 Å². The minimum Gasteiger partial charge on any atom is -0.291 e. The van der Waals surface area contributed by atoms with Crippen molar-refractivity contribution in [2.45, 2.75) is 26.7 Å². The third-order valence-electron chi connectivity index (χ3n) is 0.923. The van der Waals surface area contributed by atoms with E-state index in [1.807, 2.05) is 13.2 Å². The van der Waals surface area contributed by atoms with E-state index >= 15 is 0 Å². The Hall–Kier alpha value is -0.330. The van der Waals surface area contributed by atoms with Crippen LogP contribution in [0.25, 0.3) is 0 Å². The molecule has 0 aliphatic carbocycles. The molecule has 0 amide bonds. The molecule has 0 saturated carbocycles. The number of hydrogen-bond donors (Lipinski definition) is 0. The summed E-state index contributed by atoms with van der Waals surface area (Å²) >= 11 is 0. The van der Waals surface area contributed by atoms with E-state index in [1.165, 1.54) is 0 Å². The van der Waals surface area contributed by atoms with E-state index in [0.717, 1.165) is 12.8 Å². The highest BCUT2D eigenvalue weighted by atomic mass is 16.1. The monoisotopic (exact) mass is 99.1 g/mol. The fourth-order valence-corrected chi connectivity index (χ4v) is 0.492. The molecule has 0 N–H and O–H groups in total. The van der Waals surface area contributed by atoms with Crippen LogP contribution in [0.1, 0.15) is 26.7 Å². The van der Waals surface area contributed by atoms with Gasteiger partial charge in [0.1, 0.15) is 0 Å². The lowest BCUT2D eigenvalue weighted by atomic mass is 10.1. The molecule has 0 aromatic heterocycles. The van der Waals surface area contributed by atoms with E-state index in [9.17, 15) is 4.79 Å². The second kappa shape index (κ2) is 3.85. The lowest BCUT2D eigenvalue weighted by molar-refractivity contribution is 0.517. The Morgan fingerprint density at radius 2 is 2.29 bits per heavy atom. The minimum absolute atomic E-state index is 0.144. The molecule has 0 aliphatic rings. The summed E-state index contributed by atoms with van der Waals surface area (Å²) in [6.07, 6.45) is 3.97. The molecule has 1 atom stereocenters. The predicted octanol–water partition coefficient (Wildman–Crippen LogP) is 1.53. The topological polar surface area (TPSA) is 17.1 Å². The SMILES string of the molecule is CCCC(C)[C]=O. The summed E-state index contributed by atoms with van der Waals surface area (Å²) in [7, 11) is 0. The van der Waals surface area contributed by atoms with Gasteiger partial charge in [-0.25, -0.2) is 0 Å². The van der Waals surface area contributed by atoms with Gasteiger partial charge in [0.25, 0.3) is 0 Å². The van der Waals surface area contributed by atoms with E-state index < -0.39 is 0 Å². The summed E-state index contributed by atoms with van der Waals surface area (Å²) in [5, 5.41) is 0. The molecule has 1 unspecified atom stereocenters.